The normalized spacial score (nSPS) is 14.5. The van der Waals surface area contributed by atoms with Gasteiger partial charge in [-0.1, -0.05) is 240 Å². The Balaban J connectivity index is 5.43. The molecule has 10 heteroatoms. The van der Waals surface area contributed by atoms with E-state index in [4.69, 9.17) is 13.8 Å². The van der Waals surface area contributed by atoms with Gasteiger partial charge >= 0.3 is 5.97 Å². The van der Waals surface area contributed by atoms with Crippen LogP contribution in [0.4, 0.5) is 0 Å². The minimum absolute atomic E-state index is 0.0368. The van der Waals surface area contributed by atoms with Crippen LogP contribution in [0.5, 0.6) is 0 Å². The topological polar surface area (TPSA) is 114 Å². The van der Waals surface area contributed by atoms with Crippen molar-refractivity contribution in [1.29, 1.82) is 0 Å². The largest absolute Gasteiger partial charge is 0.756 e. The van der Waals surface area contributed by atoms with E-state index in [1.165, 1.54) is 116 Å². The average Bonchev–Trinajstić information content (AvgIpc) is 3.34. The number of allylic oxidation sites excluding steroid dienone is 15. The van der Waals surface area contributed by atoms with Crippen molar-refractivity contribution < 1.29 is 37.3 Å². The Morgan fingerprint density at radius 2 is 0.903 bits per heavy atom. The second-order valence-corrected chi connectivity index (χ2v) is 22.0. The number of unbranched alkanes of at least 4 members (excludes halogenated alkanes) is 26. The third kappa shape index (κ3) is 51.8. The lowest BCUT2D eigenvalue weighted by Gasteiger charge is -2.30. The van der Waals surface area contributed by atoms with E-state index in [0.29, 0.717) is 23.9 Å². The fourth-order valence-electron chi connectivity index (χ4n) is 7.90. The molecule has 0 heterocycles. The van der Waals surface area contributed by atoms with Crippen molar-refractivity contribution in [3.05, 3.63) is 97.2 Å². The third-order valence-electron chi connectivity index (χ3n) is 12.4. The number of nitrogens with zero attached hydrogens (tertiary/aromatic N) is 1. The summed E-state index contributed by atoms with van der Waals surface area (Å²) in [6.45, 7) is 6.64. The predicted octanol–water partition coefficient (Wildman–Crippen LogP) is 17.0. The lowest BCUT2D eigenvalue weighted by atomic mass is 10.0. The molecule has 0 aromatic heterocycles. The van der Waals surface area contributed by atoms with Gasteiger partial charge in [-0.2, -0.15) is 0 Å². The van der Waals surface area contributed by atoms with Crippen LogP contribution in [-0.4, -0.2) is 69.4 Å². The maximum Gasteiger partial charge on any atom is 0.306 e. The van der Waals surface area contributed by atoms with Gasteiger partial charge < -0.3 is 28.5 Å². The molecule has 0 fully saturated rings. The van der Waals surface area contributed by atoms with Gasteiger partial charge in [0.15, 0.2) is 0 Å². The first kappa shape index (κ1) is 68.9. The molecule has 0 aromatic carbocycles. The van der Waals surface area contributed by atoms with Crippen molar-refractivity contribution in [3.63, 3.8) is 0 Å². The smallest absolute Gasteiger partial charge is 0.306 e. The Bertz CT molecular complexity index is 1560. The number of carbonyl (C=O) groups excluding carboxylic acids is 2. The Labute approximate surface area is 443 Å². The molecule has 0 aromatic rings. The number of hydrogen-bond acceptors (Lipinski definition) is 7. The third-order valence-corrected chi connectivity index (χ3v) is 13.4. The van der Waals surface area contributed by atoms with Crippen LogP contribution >= 0.6 is 7.82 Å². The summed E-state index contributed by atoms with van der Waals surface area (Å²) in [5.41, 5.74) is 0. The first-order valence-corrected chi connectivity index (χ1v) is 30.6. The molecule has 414 valence electrons. The van der Waals surface area contributed by atoms with Crippen molar-refractivity contribution in [2.45, 2.75) is 245 Å². The molecule has 1 N–H and O–H groups in total. The van der Waals surface area contributed by atoms with Crippen molar-refractivity contribution >= 4 is 19.7 Å². The molecule has 0 rings (SSSR count). The molecular formula is C62H109N2O7P. The second-order valence-electron chi connectivity index (χ2n) is 20.6. The second kappa shape index (κ2) is 51.4. The molecule has 0 spiro atoms. The molecule has 3 unspecified atom stereocenters. The van der Waals surface area contributed by atoms with Gasteiger partial charge in [0.05, 0.1) is 33.8 Å². The summed E-state index contributed by atoms with van der Waals surface area (Å²) in [6, 6.07) is -0.918. The first-order chi connectivity index (χ1) is 34.9. The molecule has 0 aliphatic heterocycles. The molecule has 0 radical (unpaired) electrons. The fourth-order valence-corrected chi connectivity index (χ4v) is 8.62. The summed E-state index contributed by atoms with van der Waals surface area (Å²) in [5.74, 6) is -0.602. The number of phosphoric ester groups is 1. The summed E-state index contributed by atoms with van der Waals surface area (Å²) in [4.78, 5) is 39.9. The highest BCUT2D eigenvalue weighted by Gasteiger charge is 2.27. The van der Waals surface area contributed by atoms with Gasteiger partial charge in [-0.3, -0.25) is 14.2 Å². The highest BCUT2D eigenvalue weighted by Crippen LogP contribution is 2.38. The van der Waals surface area contributed by atoms with Crippen molar-refractivity contribution in [2.75, 3.05) is 40.9 Å². The highest BCUT2D eigenvalue weighted by molar-refractivity contribution is 7.45. The van der Waals surface area contributed by atoms with E-state index in [0.717, 1.165) is 70.6 Å². The van der Waals surface area contributed by atoms with E-state index >= 15 is 0 Å². The number of hydrogen-bond donors (Lipinski definition) is 1. The minimum atomic E-state index is -4.71. The van der Waals surface area contributed by atoms with E-state index < -0.39 is 26.6 Å². The Morgan fingerprint density at radius 3 is 1.39 bits per heavy atom. The van der Waals surface area contributed by atoms with Crippen LogP contribution in [0.1, 0.15) is 233 Å². The maximum absolute atomic E-state index is 13.5. The number of phosphoric acid groups is 1. The lowest BCUT2D eigenvalue weighted by molar-refractivity contribution is -0.870. The Morgan fingerprint density at radius 1 is 0.500 bits per heavy atom. The van der Waals surface area contributed by atoms with Crippen LogP contribution in [0.2, 0.25) is 0 Å². The van der Waals surface area contributed by atoms with Gasteiger partial charge in [0.1, 0.15) is 19.3 Å². The zero-order valence-corrected chi connectivity index (χ0v) is 48.0. The molecule has 1 amide bonds. The zero-order chi connectivity index (χ0) is 52.9. The quantitative estimate of drug-likeness (QED) is 0.0161. The van der Waals surface area contributed by atoms with Crippen LogP contribution in [0.25, 0.3) is 0 Å². The van der Waals surface area contributed by atoms with E-state index in [-0.39, 0.29) is 31.3 Å². The molecular weight excluding hydrogens is 916 g/mol. The molecule has 9 nitrogen and oxygen atoms in total. The molecule has 0 aliphatic rings. The average molecular weight is 1030 g/mol. The number of rotatable bonds is 51. The van der Waals surface area contributed by atoms with Gasteiger partial charge in [-0.25, -0.2) is 0 Å². The summed E-state index contributed by atoms with van der Waals surface area (Å²) in [7, 11) is 1.14. The summed E-state index contributed by atoms with van der Waals surface area (Å²) in [6.07, 6.45) is 68.0. The van der Waals surface area contributed by atoms with Gasteiger partial charge in [0.25, 0.3) is 7.82 Å². The molecule has 0 saturated carbocycles. The standard InChI is InChI=1S/C62H109N2O7P/c1-7-10-13-16-19-22-25-28-30-32-34-36-39-42-45-48-51-54-61(65)63-59(58-70-72(67,68)69-57-56-64(4,5)6)60(53-50-47-44-41-38-27-24-21-18-15-12-9-3)71-62(66)55-52-49-46-43-40-37-35-33-31-29-26-23-20-17-14-11-8-2/h10,13,16,19,22,25,28-32,34,36,39,50,53,59-60H,7-9,11-12,14-15,17-18,20-21,23-24,26-27,33,35,37-38,40-49,51-52,54-58H2,1-6H3,(H-,63,65,67,68)/b13-10-,19-16+,25-22+,30-28-,31-29+,34-32+,39-36+,53-50+. The van der Waals surface area contributed by atoms with Gasteiger partial charge in [-0.05, 0) is 76.7 Å². The van der Waals surface area contributed by atoms with Crippen LogP contribution in [0.15, 0.2) is 97.2 Å². The van der Waals surface area contributed by atoms with E-state index in [2.05, 4.69) is 50.4 Å². The molecule has 0 saturated heterocycles. The number of carbonyl (C=O) groups is 2. The fraction of sp³-hybridized carbons (Fsp3) is 0.710. The van der Waals surface area contributed by atoms with Crippen molar-refractivity contribution in [1.82, 2.24) is 5.32 Å². The molecule has 3 atom stereocenters. The predicted molar refractivity (Wildman–Crippen MR) is 307 cm³/mol. The van der Waals surface area contributed by atoms with E-state index in [1.807, 2.05) is 94.1 Å². The number of likely N-dealkylation sites (N-methyl/N-ethyl adjacent to an activating group) is 1. The lowest BCUT2D eigenvalue weighted by Crippen LogP contribution is -2.47. The maximum atomic E-state index is 13.5. The Kier molecular flexibility index (Phi) is 49.2. The van der Waals surface area contributed by atoms with Gasteiger partial charge in [-0.15, -0.1) is 0 Å². The first-order valence-electron chi connectivity index (χ1n) is 29.1. The van der Waals surface area contributed by atoms with Gasteiger partial charge in [0.2, 0.25) is 5.91 Å². The van der Waals surface area contributed by atoms with Crippen molar-refractivity contribution in [2.24, 2.45) is 0 Å². The van der Waals surface area contributed by atoms with Crippen molar-refractivity contribution in [3.8, 4) is 0 Å². The minimum Gasteiger partial charge on any atom is -0.756 e. The summed E-state index contributed by atoms with van der Waals surface area (Å²) >= 11 is 0. The number of amides is 1. The monoisotopic (exact) mass is 1020 g/mol. The van der Waals surface area contributed by atoms with E-state index in [9.17, 15) is 19.0 Å². The van der Waals surface area contributed by atoms with Crippen LogP contribution < -0.4 is 10.2 Å². The molecule has 72 heavy (non-hydrogen) atoms. The number of nitrogens with one attached hydrogen (secondary N) is 1. The zero-order valence-electron chi connectivity index (χ0n) is 47.1. The van der Waals surface area contributed by atoms with Gasteiger partial charge in [0, 0.05) is 12.8 Å². The summed E-state index contributed by atoms with van der Waals surface area (Å²) in [5, 5.41) is 2.99. The summed E-state index contributed by atoms with van der Waals surface area (Å²) < 4.78 is 30.2. The number of ether oxygens (including phenoxy) is 1. The number of quaternary nitrogens is 1. The molecule has 0 bridgehead atoms. The molecule has 0 aliphatic carbocycles. The Hall–Kier alpha value is -3.07. The SMILES string of the molecule is CC\C=C/C=C/C=C/C=C\C=C\C=C\CCCCCC(=O)NC(COP(=O)([O-])OCC[N+](C)(C)C)C(/C=C/CCCCCCCCCCCC)OC(=O)CCCCCCCCC/C=C/CCCCCCCC. The van der Waals surface area contributed by atoms with Crippen LogP contribution in [0.3, 0.4) is 0 Å². The van der Waals surface area contributed by atoms with Crippen LogP contribution in [0, 0.1) is 0 Å². The highest BCUT2D eigenvalue weighted by atomic mass is 31.2. The van der Waals surface area contributed by atoms with Crippen LogP contribution in [-0.2, 0) is 27.9 Å². The van der Waals surface area contributed by atoms with E-state index in [1.54, 1.807) is 0 Å². The number of esters is 1.